The van der Waals surface area contributed by atoms with Gasteiger partial charge in [0, 0.05) is 34.8 Å². The van der Waals surface area contributed by atoms with E-state index < -0.39 is 0 Å². The van der Waals surface area contributed by atoms with Gasteiger partial charge in [-0.15, -0.1) is 0 Å². The minimum absolute atomic E-state index is 0.0468. The molecule has 5 rings (SSSR count). The van der Waals surface area contributed by atoms with E-state index in [4.69, 9.17) is 28.2 Å². The van der Waals surface area contributed by atoms with Crippen molar-refractivity contribution in [1.29, 1.82) is 0 Å². The van der Waals surface area contributed by atoms with E-state index in [-0.39, 0.29) is 5.91 Å². The molecule has 0 aliphatic carbocycles. The van der Waals surface area contributed by atoms with Crippen molar-refractivity contribution in [2.75, 3.05) is 5.32 Å². The zero-order chi connectivity index (χ0) is 25.8. The topological polar surface area (TPSA) is 71.3 Å². The van der Waals surface area contributed by atoms with Crippen LogP contribution in [-0.2, 0) is 24.3 Å². The number of fused-ring (bicyclic) bond motifs is 1. The first kappa shape index (κ1) is 25.3. The molecule has 0 aliphatic heterocycles. The van der Waals surface area contributed by atoms with E-state index >= 15 is 0 Å². The Balaban J connectivity index is 1.24. The van der Waals surface area contributed by atoms with E-state index in [1.807, 2.05) is 66.7 Å². The molecule has 0 saturated carbocycles. The Labute approximate surface area is 232 Å². The van der Waals surface area contributed by atoms with Crippen LogP contribution in [0.15, 0.2) is 89.5 Å². The highest BCUT2D eigenvalue weighted by atomic mass is 79.9. The molecule has 3 aromatic carbocycles. The van der Waals surface area contributed by atoms with Crippen LogP contribution in [0.4, 0.5) is 5.82 Å². The number of aromatic nitrogens is 3. The number of nitrogens with one attached hydrogen (secondary N) is 2. The first-order valence-electron chi connectivity index (χ1n) is 11.6. The lowest BCUT2D eigenvalue weighted by Crippen LogP contribution is -2.24. The number of hydrogen-bond acceptors (Lipinski definition) is 4. The molecule has 0 saturated heterocycles. The van der Waals surface area contributed by atoms with E-state index in [9.17, 15) is 4.79 Å². The van der Waals surface area contributed by atoms with E-state index in [2.05, 4.69) is 31.7 Å². The van der Waals surface area contributed by atoms with Crippen LogP contribution in [-0.4, -0.2) is 20.5 Å². The number of halogens is 3. The highest BCUT2D eigenvalue weighted by molar-refractivity contribution is 9.10. The molecule has 9 heteroatoms. The predicted octanol–water partition coefficient (Wildman–Crippen LogP) is 6.94. The molecule has 0 atom stereocenters. The summed E-state index contributed by atoms with van der Waals surface area (Å²) < 4.78 is 2.56. The molecule has 2 heterocycles. The zero-order valence-electron chi connectivity index (χ0n) is 19.6. The smallest absolute Gasteiger partial charge is 0.224 e. The van der Waals surface area contributed by atoms with E-state index in [0.717, 1.165) is 38.2 Å². The van der Waals surface area contributed by atoms with Crippen LogP contribution in [0.5, 0.6) is 0 Å². The standard InChI is InChI=1S/C28H22BrCl2N5O/c29-23-17-34-36-26(14-25(35-28(23)36)22-6-1-2-7-24(22)31)32-15-18-8-10-19(11-9-18)16-33-27(37)13-20-4-3-5-21(30)12-20/h1-12,14,17,32H,13,15-16H2,(H,33,37). The van der Waals surface area contributed by atoms with Crippen LogP contribution in [0.3, 0.4) is 0 Å². The molecule has 0 radical (unpaired) electrons. The van der Waals surface area contributed by atoms with Gasteiger partial charge in [0.1, 0.15) is 5.82 Å². The van der Waals surface area contributed by atoms with Gasteiger partial charge in [-0.05, 0) is 50.8 Å². The number of anilines is 1. The average Bonchev–Trinajstić information content (AvgIpc) is 3.27. The van der Waals surface area contributed by atoms with Crippen molar-refractivity contribution in [3.05, 3.63) is 116 Å². The Morgan fingerprint density at radius 3 is 2.41 bits per heavy atom. The lowest BCUT2D eigenvalue weighted by atomic mass is 10.1. The molecule has 0 unspecified atom stereocenters. The van der Waals surface area contributed by atoms with Crippen LogP contribution in [0.1, 0.15) is 16.7 Å². The number of carbonyl (C=O) groups excluding carboxylic acids is 1. The van der Waals surface area contributed by atoms with E-state index in [1.54, 1.807) is 22.8 Å². The van der Waals surface area contributed by atoms with Crippen molar-refractivity contribution in [3.8, 4) is 11.3 Å². The van der Waals surface area contributed by atoms with Gasteiger partial charge in [-0.25, -0.2) is 4.98 Å². The van der Waals surface area contributed by atoms with Crippen molar-refractivity contribution in [2.24, 2.45) is 0 Å². The van der Waals surface area contributed by atoms with Gasteiger partial charge in [-0.3, -0.25) is 4.79 Å². The fourth-order valence-corrected chi connectivity index (χ4v) is 4.73. The molecule has 0 fully saturated rings. The van der Waals surface area contributed by atoms with Gasteiger partial charge in [0.05, 0.1) is 22.8 Å². The first-order chi connectivity index (χ1) is 18.0. The third kappa shape index (κ3) is 6.13. The SMILES string of the molecule is O=C(Cc1cccc(Cl)c1)NCc1ccc(CNc2cc(-c3ccccc3Cl)nc3c(Br)cnn23)cc1. The van der Waals surface area contributed by atoms with Gasteiger partial charge in [0.2, 0.25) is 5.91 Å². The highest BCUT2D eigenvalue weighted by Crippen LogP contribution is 2.30. The Bertz CT molecular complexity index is 1570. The molecule has 0 bridgehead atoms. The van der Waals surface area contributed by atoms with Gasteiger partial charge >= 0.3 is 0 Å². The predicted molar refractivity (Wildman–Crippen MR) is 152 cm³/mol. The maximum atomic E-state index is 12.3. The third-order valence-electron chi connectivity index (χ3n) is 5.82. The second-order valence-corrected chi connectivity index (χ2v) is 10.2. The number of nitrogens with zero attached hydrogens (tertiary/aromatic N) is 3. The van der Waals surface area contributed by atoms with Gasteiger partial charge < -0.3 is 10.6 Å². The lowest BCUT2D eigenvalue weighted by molar-refractivity contribution is -0.120. The quantitative estimate of drug-likeness (QED) is 0.204. The monoisotopic (exact) mass is 593 g/mol. The molecule has 0 aliphatic rings. The fourth-order valence-electron chi connectivity index (χ4n) is 3.93. The maximum Gasteiger partial charge on any atom is 0.224 e. The normalized spacial score (nSPS) is 11.0. The first-order valence-corrected chi connectivity index (χ1v) is 13.1. The number of rotatable bonds is 8. The minimum atomic E-state index is -0.0468. The van der Waals surface area contributed by atoms with Gasteiger partial charge in [0.15, 0.2) is 5.65 Å². The summed E-state index contributed by atoms with van der Waals surface area (Å²) in [6.07, 6.45) is 2.02. The Kier molecular flexibility index (Phi) is 7.74. The number of benzene rings is 3. The van der Waals surface area contributed by atoms with Crippen molar-refractivity contribution in [3.63, 3.8) is 0 Å². The third-order valence-corrected chi connectivity index (χ3v) is 6.94. The van der Waals surface area contributed by atoms with Gasteiger partial charge in [-0.2, -0.15) is 9.61 Å². The number of hydrogen-bond donors (Lipinski definition) is 2. The molecule has 1 amide bonds. The summed E-state index contributed by atoms with van der Waals surface area (Å²) in [7, 11) is 0. The summed E-state index contributed by atoms with van der Waals surface area (Å²) in [6.45, 7) is 1.04. The van der Waals surface area contributed by atoms with Gasteiger partial charge in [-0.1, -0.05) is 77.8 Å². The van der Waals surface area contributed by atoms with E-state index in [0.29, 0.717) is 35.2 Å². The fraction of sp³-hybridized carbons (Fsp3) is 0.107. The van der Waals surface area contributed by atoms with Crippen LogP contribution in [0.2, 0.25) is 10.0 Å². The van der Waals surface area contributed by atoms with Crippen LogP contribution < -0.4 is 10.6 Å². The Hall–Kier alpha value is -3.39. The Morgan fingerprint density at radius 2 is 1.65 bits per heavy atom. The molecular formula is C28H22BrCl2N5O. The summed E-state index contributed by atoms with van der Waals surface area (Å²) in [6, 6.07) is 25.0. The average molecular weight is 595 g/mol. The summed E-state index contributed by atoms with van der Waals surface area (Å²) >= 11 is 16.0. The minimum Gasteiger partial charge on any atom is -0.366 e. The van der Waals surface area contributed by atoms with Crippen molar-refractivity contribution in [1.82, 2.24) is 19.9 Å². The summed E-state index contributed by atoms with van der Waals surface area (Å²) in [5.74, 6) is 0.748. The van der Waals surface area contributed by atoms with Crippen molar-refractivity contribution >= 4 is 56.5 Å². The summed E-state index contributed by atoms with van der Waals surface area (Å²) in [5.41, 5.74) is 5.30. The molecule has 2 N–H and O–H groups in total. The molecule has 37 heavy (non-hydrogen) atoms. The second-order valence-electron chi connectivity index (χ2n) is 8.49. The molecule has 0 spiro atoms. The number of carbonyl (C=O) groups is 1. The summed E-state index contributed by atoms with van der Waals surface area (Å²) in [5, 5.41) is 12.1. The molecule has 6 nitrogen and oxygen atoms in total. The molecule has 5 aromatic rings. The highest BCUT2D eigenvalue weighted by Gasteiger charge is 2.13. The van der Waals surface area contributed by atoms with Crippen LogP contribution in [0, 0.1) is 0 Å². The molecular weight excluding hydrogens is 573 g/mol. The van der Waals surface area contributed by atoms with Crippen LogP contribution in [0.25, 0.3) is 16.9 Å². The lowest BCUT2D eigenvalue weighted by Gasteiger charge is -2.12. The largest absolute Gasteiger partial charge is 0.366 e. The molecule has 2 aromatic heterocycles. The number of amides is 1. The molecule has 186 valence electrons. The van der Waals surface area contributed by atoms with Crippen molar-refractivity contribution < 1.29 is 4.79 Å². The zero-order valence-corrected chi connectivity index (χ0v) is 22.7. The van der Waals surface area contributed by atoms with E-state index in [1.165, 1.54) is 0 Å². The summed E-state index contributed by atoms with van der Waals surface area (Å²) in [4.78, 5) is 17.0. The van der Waals surface area contributed by atoms with Crippen molar-refractivity contribution in [2.45, 2.75) is 19.5 Å². The second kappa shape index (κ2) is 11.3. The Morgan fingerprint density at radius 1 is 0.892 bits per heavy atom. The van der Waals surface area contributed by atoms with Gasteiger partial charge in [0.25, 0.3) is 0 Å². The maximum absolute atomic E-state index is 12.3. The van der Waals surface area contributed by atoms with Crippen LogP contribution >= 0.6 is 39.1 Å².